The molecule has 3 nitrogen and oxygen atoms in total. The molecule has 2 aromatic carbocycles. The minimum Gasteiger partial charge on any atom is -0.497 e. The molecule has 0 amide bonds. The Bertz CT molecular complexity index is 630. The van der Waals surface area contributed by atoms with Crippen LogP contribution in [0.5, 0.6) is 11.5 Å². The molecule has 112 valence electrons. The summed E-state index contributed by atoms with van der Waals surface area (Å²) in [5.74, 6) is -0.487. The molecule has 0 radical (unpaired) electrons. The van der Waals surface area contributed by atoms with E-state index in [1.807, 2.05) is 0 Å². The quantitative estimate of drug-likeness (QED) is 0.916. The summed E-state index contributed by atoms with van der Waals surface area (Å²) < 4.78 is 37.8. The van der Waals surface area contributed by atoms with Crippen LogP contribution in [0.3, 0.4) is 0 Å². The lowest BCUT2D eigenvalue weighted by Crippen LogP contribution is -2.06. The molecule has 0 bridgehead atoms. The Morgan fingerprint density at radius 3 is 2.43 bits per heavy atom. The van der Waals surface area contributed by atoms with Gasteiger partial charge in [-0.1, -0.05) is 6.07 Å². The zero-order chi connectivity index (χ0) is 15.4. The van der Waals surface area contributed by atoms with Crippen molar-refractivity contribution in [2.75, 3.05) is 7.11 Å². The average Bonchev–Trinajstić information content (AvgIpc) is 2.46. The number of hydrogen-bond donors (Lipinski definition) is 1. The van der Waals surface area contributed by atoms with Crippen LogP contribution in [0, 0.1) is 11.6 Å². The summed E-state index contributed by atoms with van der Waals surface area (Å²) in [7, 11) is 1.46. The van der Waals surface area contributed by atoms with Crippen molar-refractivity contribution < 1.29 is 18.3 Å². The van der Waals surface area contributed by atoms with E-state index in [1.54, 1.807) is 25.1 Å². The monoisotopic (exact) mass is 293 g/mol. The second-order valence-corrected chi connectivity index (χ2v) is 4.72. The van der Waals surface area contributed by atoms with Crippen LogP contribution in [0.1, 0.15) is 24.1 Å². The summed E-state index contributed by atoms with van der Waals surface area (Å²) in [6, 6.07) is 8.67. The number of nitrogens with two attached hydrogens (primary N) is 1. The number of rotatable bonds is 5. The molecule has 0 fully saturated rings. The zero-order valence-electron chi connectivity index (χ0n) is 11.9. The molecule has 0 aromatic heterocycles. The average molecular weight is 293 g/mol. The highest BCUT2D eigenvalue weighted by Gasteiger charge is 2.09. The van der Waals surface area contributed by atoms with E-state index in [0.717, 1.165) is 0 Å². The van der Waals surface area contributed by atoms with Crippen LogP contribution in [0.25, 0.3) is 0 Å². The van der Waals surface area contributed by atoms with Crippen LogP contribution >= 0.6 is 0 Å². The Kier molecular flexibility index (Phi) is 4.75. The molecule has 0 saturated carbocycles. The van der Waals surface area contributed by atoms with Crippen LogP contribution in [-0.4, -0.2) is 7.11 Å². The van der Waals surface area contributed by atoms with Gasteiger partial charge in [-0.15, -0.1) is 0 Å². The third-order valence-corrected chi connectivity index (χ3v) is 3.13. The van der Waals surface area contributed by atoms with Crippen molar-refractivity contribution >= 4 is 0 Å². The molecule has 0 unspecified atom stereocenters. The second-order valence-electron chi connectivity index (χ2n) is 4.72. The number of hydrogen-bond acceptors (Lipinski definition) is 3. The lowest BCUT2D eigenvalue weighted by atomic mass is 10.1. The van der Waals surface area contributed by atoms with Crippen molar-refractivity contribution in [2.45, 2.75) is 19.6 Å². The standard InChI is InChI=1S/C16H17F2NO2/c1-10(19)11-4-6-16(15(18)7-11)21-9-12-3-5-13(20-2)8-14(12)17/h3-8,10H,9,19H2,1-2H3/t10-/m0/s1. The summed E-state index contributed by atoms with van der Waals surface area (Å²) >= 11 is 0. The fraction of sp³-hybridized carbons (Fsp3) is 0.250. The van der Waals surface area contributed by atoms with Crippen LogP contribution in [-0.2, 0) is 6.61 Å². The predicted molar refractivity (Wildman–Crippen MR) is 76.3 cm³/mol. The van der Waals surface area contributed by atoms with Gasteiger partial charge in [0.15, 0.2) is 11.6 Å². The van der Waals surface area contributed by atoms with Crippen molar-refractivity contribution in [3.05, 3.63) is 59.2 Å². The van der Waals surface area contributed by atoms with Gasteiger partial charge in [-0.3, -0.25) is 0 Å². The zero-order valence-corrected chi connectivity index (χ0v) is 11.9. The first-order valence-corrected chi connectivity index (χ1v) is 6.51. The Balaban J connectivity index is 2.09. The third kappa shape index (κ3) is 3.70. The van der Waals surface area contributed by atoms with Gasteiger partial charge in [0.05, 0.1) is 7.11 Å². The third-order valence-electron chi connectivity index (χ3n) is 3.13. The van der Waals surface area contributed by atoms with E-state index in [9.17, 15) is 8.78 Å². The maximum absolute atomic E-state index is 13.8. The molecule has 0 saturated heterocycles. The first-order chi connectivity index (χ1) is 10.0. The minimum atomic E-state index is -0.515. The number of methoxy groups -OCH3 is 1. The largest absolute Gasteiger partial charge is 0.497 e. The summed E-state index contributed by atoms with van der Waals surface area (Å²) in [5, 5.41) is 0. The molecule has 5 heteroatoms. The lowest BCUT2D eigenvalue weighted by molar-refractivity contribution is 0.284. The Morgan fingerprint density at radius 2 is 1.86 bits per heavy atom. The summed E-state index contributed by atoms with van der Waals surface area (Å²) in [6.45, 7) is 1.70. The number of ether oxygens (including phenoxy) is 2. The highest BCUT2D eigenvalue weighted by Crippen LogP contribution is 2.23. The highest BCUT2D eigenvalue weighted by molar-refractivity contribution is 5.32. The molecule has 2 N–H and O–H groups in total. The van der Waals surface area contributed by atoms with Gasteiger partial charge in [-0.05, 0) is 36.8 Å². The predicted octanol–water partition coefficient (Wildman–Crippen LogP) is 3.57. The van der Waals surface area contributed by atoms with Crippen LogP contribution < -0.4 is 15.2 Å². The van der Waals surface area contributed by atoms with Crippen molar-refractivity contribution in [1.82, 2.24) is 0 Å². The molecular formula is C16H17F2NO2. The first-order valence-electron chi connectivity index (χ1n) is 6.51. The molecule has 0 heterocycles. The van der Waals surface area contributed by atoms with Crippen LogP contribution in [0.4, 0.5) is 8.78 Å². The maximum atomic E-state index is 13.8. The molecule has 0 spiro atoms. The number of benzene rings is 2. The van der Waals surface area contributed by atoms with Gasteiger partial charge in [0.2, 0.25) is 0 Å². The molecule has 0 aliphatic carbocycles. The second kappa shape index (κ2) is 6.54. The Morgan fingerprint density at radius 1 is 1.10 bits per heavy atom. The summed E-state index contributed by atoms with van der Waals surface area (Å²) in [5.41, 5.74) is 6.68. The molecule has 2 rings (SSSR count). The van der Waals surface area contributed by atoms with E-state index in [4.69, 9.17) is 15.2 Å². The molecular weight excluding hydrogens is 276 g/mol. The van der Waals surface area contributed by atoms with E-state index in [2.05, 4.69) is 0 Å². The summed E-state index contributed by atoms with van der Waals surface area (Å²) in [4.78, 5) is 0. The van der Waals surface area contributed by atoms with E-state index in [0.29, 0.717) is 16.9 Å². The lowest BCUT2D eigenvalue weighted by Gasteiger charge is -2.11. The Labute approximate surface area is 122 Å². The van der Waals surface area contributed by atoms with Gasteiger partial charge in [0.1, 0.15) is 18.2 Å². The smallest absolute Gasteiger partial charge is 0.165 e. The summed E-state index contributed by atoms with van der Waals surface area (Å²) in [6.07, 6.45) is 0. The van der Waals surface area contributed by atoms with Crippen molar-refractivity contribution in [1.29, 1.82) is 0 Å². The topological polar surface area (TPSA) is 44.5 Å². The normalized spacial score (nSPS) is 12.0. The minimum absolute atomic E-state index is 0.0645. The fourth-order valence-corrected chi connectivity index (χ4v) is 1.84. The number of halogens is 2. The van der Waals surface area contributed by atoms with Gasteiger partial charge in [-0.2, -0.15) is 0 Å². The first kappa shape index (κ1) is 15.3. The van der Waals surface area contributed by atoms with Crippen LogP contribution in [0.15, 0.2) is 36.4 Å². The molecule has 21 heavy (non-hydrogen) atoms. The molecule has 2 aromatic rings. The van der Waals surface area contributed by atoms with Gasteiger partial charge < -0.3 is 15.2 Å². The van der Waals surface area contributed by atoms with Gasteiger partial charge in [0.25, 0.3) is 0 Å². The molecule has 0 aliphatic heterocycles. The Hall–Kier alpha value is -2.14. The van der Waals surface area contributed by atoms with E-state index in [1.165, 1.54) is 25.3 Å². The van der Waals surface area contributed by atoms with Gasteiger partial charge in [0, 0.05) is 17.7 Å². The van der Waals surface area contributed by atoms with Crippen molar-refractivity contribution in [3.8, 4) is 11.5 Å². The van der Waals surface area contributed by atoms with E-state index >= 15 is 0 Å². The van der Waals surface area contributed by atoms with E-state index < -0.39 is 11.6 Å². The van der Waals surface area contributed by atoms with E-state index in [-0.39, 0.29) is 18.4 Å². The van der Waals surface area contributed by atoms with Crippen molar-refractivity contribution in [2.24, 2.45) is 5.73 Å². The SMILES string of the molecule is COc1ccc(COc2ccc([C@H](C)N)cc2F)c(F)c1. The van der Waals surface area contributed by atoms with Gasteiger partial charge in [-0.25, -0.2) is 8.78 Å². The van der Waals surface area contributed by atoms with Crippen molar-refractivity contribution in [3.63, 3.8) is 0 Å². The fourth-order valence-electron chi connectivity index (χ4n) is 1.84. The maximum Gasteiger partial charge on any atom is 0.165 e. The van der Waals surface area contributed by atoms with Crippen LogP contribution in [0.2, 0.25) is 0 Å². The highest BCUT2D eigenvalue weighted by atomic mass is 19.1. The molecule has 0 aliphatic rings. The van der Waals surface area contributed by atoms with Gasteiger partial charge >= 0.3 is 0 Å². The molecule has 1 atom stereocenters.